The summed E-state index contributed by atoms with van der Waals surface area (Å²) in [6, 6.07) is 5.44. The van der Waals surface area contributed by atoms with Gasteiger partial charge in [-0.1, -0.05) is 6.07 Å². The van der Waals surface area contributed by atoms with Crippen LogP contribution in [0.3, 0.4) is 0 Å². The molecule has 1 aromatic carbocycles. The Bertz CT molecular complexity index is 399. The van der Waals surface area contributed by atoms with E-state index < -0.39 is 0 Å². The molecule has 1 aliphatic rings. The van der Waals surface area contributed by atoms with E-state index in [0.717, 1.165) is 11.1 Å². The largest absolute Gasteiger partial charge is 0.465 e. The highest BCUT2D eigenvalue weighted by molar-refractivity contribution is 5.93. The first-order valence-corrected chi connectivity index (χ1v) is 4.28. The number of carbonyl (C=O) groups excluding carboxylic acids is 1. The van der Waals surface area contributed by atoms with Crippen LogP contribution in [-0.4, -0.2) is 19.3 Å². The van der Waals surface area contributed by atoms with Crippen molar-refractivity contribution in [2.45, 2.75) is 6.54 Å². The van der Waals surface area contributed by atoms with Gasteiger partial charge in [0.1, 0.15) is 0 Å². The van der Waals surface area contributed by atoms with E-state index in [0.29, 0.717) is 12.1 Å². The molecule has 0 bridgehead atoms. The van der Waals surface area contributed by atoms with Crippen molar-refractivity contribution in [1.29, 1.82) is 0 Å². The maximum Gasteiger partial charge on any atom is 0.337 e. The van der Waals surface area contributed by atoms with Crippen LogP contribution in [0.4, 0.5) is 0 Å². The summed E-state index contributed by atoms with van der Waals surface area (Å²) in [5, 5.41) is 3.92. The molecule has 0 amide bonds. The number of benzene rings is 1. The van der Waals surface area contributed by atoms with Crippen molar-refractivity contribution in [3.63, 3.8) is 0 Å². The third-order valence-electron chi connectivity index (χ3n) is 2.13. The number of ether oxygens (including phenoxy) is 1. The number of hydrazone groups is 1. The van der Waals surface area contributed by atoms with E-state index in [9.17, 15) is 4.79 Å². The molecule has 1 aliphatic heterocycles. The summed E-state index contributed by atoms with van der Waals surface area (Å²) in [5.74, 6) is -0.320. The minimum absolute atomic E-state index is 0.320. The monoisotopic (exact) mass is 190 g/mol. The van der Waals surface area contributed by atoms with Crippen LogP contribution in [0.2, 0.25) is 0 Å². The number of rotatable bonds is 1. The molecule has 0 spiro atoms. The third-order valence-corrected chi connectivity index (χ3v) is 2.13. The van der Waals surface area contributed by atoms with Crippen LogP contribution in [0.5, 0.6) is 0 Å². The molecular weight excluding hydrogens is 180 g/mol. The van der Waals surface area contributed by atoms with Gasteiger partial charge in [0.15, 0.2) is 0 Å². The lowest BCUT2D eigenvalue weighted by Crippen LogP contribution is -2.14. The average molecular weight is 190 g/mol. The summed E-state index contributed by atoms with van der Waals surface area (Å²) < 4.78 is 4.63. The third kappa shape index (κ3) is 1.46. The molecular formula is C10H10N2O2. The van der Waals surface area contributed by atoms with Crippen LogP contribution in [0.25, 0.3) is 0 Å². The first-order valence-electron chi connectivity index (χ1n) is 4.28. The lowest BCUT2D eigenvalue weighted by atomic mass is 10.0. The number of fused-ring (bicyclic) bond motifs is 1. The van der Waals surface area contributed by atoms with Crippen molar-refractivity contribution >= 4 is 12.2 Å². The van der Waals surface area contributed by atoms with Crippen molar-refractivity contribution in [2.24, 2.45) is 5.10 Å². The summed E-state index contributed by atoms with van der Waals surface area (Å²) in [7, 11) is 1.37. The number of hydrogen-bond acceptors (Lipinski definition) is 4. The molecule has 1 heterocycles. The van der Waals surface area contributed by atoms with Crippen molar-refractivity contribution < 1.29 is 9.53 Å². The summed E-state index contributed by atoms with van der Waals surface area (Å²) in [6.45, 7) is 0.702. The second-order valence-corrected chi connectivity index (χ2v) is 3.00. The number of esters is 1. The Morgan fingerprint density at radius 3 is 3.21 bits per heavy atom. The molecule has 1 aromatic rings. The molecule has 0 aromatic heterocycles. The van der Waals surface area contributed by atoms with Gasteiger partial charge in [-0.3, -0.25) is 0 Å². The maximum absolute atomic E-state index is 11.2. The number of nitrogens with zero attached hydrogens (tertiary/aromatic N) is 1. The van der Waals surface area contributed by atoms with Gasteiger partial charge in [0.05, 0.1) is 25.4 Å². The highest BCUT2D eigenvalue weighted by Crippen LogP contribution is 2.13. The van der Waals surface area contributed by atoms with Crippen molar-refractivity contribution in [1.82, 2.24) is 5.43 Å². The second-order valence-electron chi connectivity index (χ2n) is 3.00. The predicted octanol–water partition coefficient (Wildman–Crippen LogP) is 0.910. The minimum atomic E-state index is -0.320. The molecule has 72 valence electrons. The Balaban J connectivity index is 2.40. The fourth-order valence-electron chi connectivity index (χ4n) is 1.37. The molecule has 14 heavy (non-hydrogen) atoms. The molecule has 0 aliphatic carbocycles. The molecule has 0 saturated heterocycles. The van der Waals surface area contributed by atoms with Gasteiger partial charge in [0.2, 0.25) is 0 Å². The normalized spacial score (nSPS) is 12.9. The zero-order valence-electron chi connectivity index (χ0n) is 7.78. The van der Waals surface area contributed by atoms with Crippen LogP contribution in [0.1, 0.15) is 21.5 Å². The Morgan fingerprint density at radius 1 is 1.57 bits per heavy atom. The SMILES string of the molecule is COC(=O)c1ccc2c(c1)C=NNC2. The lowest BCUT2D eigenvalue weighted by Gasteiger charge is -2.11. The van der Waals surface area contributed by atoms with E-state index in [2.05, 4.69) is 15.3 Å². The van der Waals surface area contributed by atoms with Gasteiger partial charge in [-0.2, -0.15) is 5.10 Å². The number of nitrogens with one attached hydrogen (secondary N) is 1. The van der Waals surface area contributed by atoms with E-state index in [1.807, 2.05) is 6.07 Å². The molecule has 0 radical (unpaired) electrons. The van der Waals surface area contributed by atoms with Crippen LogP contribution in [0, 0.1) is 0 Å². The molecule has 4 nitrogen and oxygen atoms in total. The fraction of sp³-hybridized carbons (Fsp3) is 0.200. The first kappa shape index (κ1) is 8.74. The zero-order chi connectivity index (χ0) is 9.97. The lowest BCUT2D eigenvalue weighted by molar-refractivity contribution is 0.0600. The summed E-state index contributed by atoms with van der Waals surface area (Å²) in [4.78, 5) is 11.2. The summed E-state index contributed by atoms with van der Waals surface area (Å²) in [6.07, 6.45) is 1.70. The number of hydrogen-bond donors (Lipinski definition) is 1. The Morgan fingerprint density at radius 2 is 2.43 bits per heavy atom. The second kappa shape index (κ2) is 3.49. The zero-order valence-corrected chi connectivity index (χ0v) is 7.78. The van der Waals surface area contributed by atoms with Gasteiger partial charge >= 0.3 is 5.97 Å². The average Bonchev–Trinajstić information content (AvgIpc) is 2.27. The predicted molar refractivity (Wildman–Crippen MR) is 52.2 cm³/mol. The van der Waals surface area contributed by atoms with Gasteiger partial charge in [0.25, 0.3) is 0 Å². The molecule has 1 N–H and O–H groups in total. The molecule has 2 rings (SSSR count). The molecule has 0 atom stereocenters. The van der Waals surface area contributed by atoms with Crippen LogP contribution in [-0.2, 0) is 11.3 Å². The number of methoxy groups -OCH3 is 1. The number of carbonyl (C=O) groups is 1. The van der Waals surface area contributed by atoms with Crippen molar-refractivity contribution in [3.8, 4) is 0 Å². The highest BCUT2D eigenvalue weighted by atomic mass is 16.5. The van der Waals surface area contributed by atoms with E-state index in [-0.39, 0.29) is 5.97 Å². The van der Waals surface area contributed by atoms with Gasteiger partial charge in [0, 0.05) is 5.56 Å². The smallest absolute Gasteiger partial charge is 0.337 e. The fourth-order valence-corrected chi connectivity index (χ4v) is 1.37. The van der Waals surface area contributed by atoms with Gasteiger partial charge in [-0.05, 0) is 17.7 Å². The van der Waals surface area contributed by atoms with Crippen molar-refractivity contribution in [3.05, 3.63) is 34.9 Å². The summed E-state index contributed by atoms with van der Waals surface area (Å²) in [5.41, 5.74) is 5.51. The van der Waals surface area contributed by atoms with Crippen LogP contribution in [0.15, 0.2) is 23.3 Å². The molecule has 0 unspecified atom stereocenters. The molecule has 0 saturated carbocycles. The van der Waals surface area contributed by atoms with E-state index in [1.54, 1.807) is 18.3 Å². The molecule has 0 fully saturated rings. The van der Waals surface area contributed by atoms with Gasteiger partial charge in [-0.25, -0.2) is 4.79 Å². The van der Waals surface area contributed by atoms with Gasteiger partial charge in [-0.15, -0.1) is 0 Å². The Hall–Kier alpha value is -1.84. The van der Waals surface area contributed by atoms with E-state index in [1.165, 1.54) is 7.11 Å². The quantitative estimate of drug-likeness (QED) is 0.669. The maximum atomic E-state index is 11.2. The van der Waals surface area contributed by atoms with E-state index in [4.69, 9.17) is 0 Å². The highest BCUT2D eigenvalue weighted by Gasteiger charge is 2.10. The first-order chi connectivity index (χ1) is 6.81. The van der Waals surface area contributed by atoms with Crippen LogP contribution < -0.4 is 5.43 Å². The molecule has 4 heteroatoms. The van der Waals surface area contributed by atoms with Crippen LogP contribution >= 0.6 is 0 Å². The minimum Gasteiger partial charge on any atom is -0.465 e. The standard InChI is InChI=1S/C10H10N2O2/c1-14-10(13)7-2-3-8-5-11-12-6-9(8)4-7/h2-4,6,11H,5H2,1H3. The Labute approximate surface area is 81.6 Å². The Kier molecular flexibility index (Phi) is 2.18. The topological polar surface area (TPSA) is 50.7 Å². The van der Waals surface area contributed by atoms with Gasteiger partial charge < -0.3 is 10.2 Å². The summed E-state index contributed by atoms with van der Waals surface area (Å²) >= 11 is 0. The van der Waals surface area contributed by atoms with Crippen molar-refractivity contribution in [2.75, 3.05) is 7.11 Å². The van der Waals surface area contributed by atoms with E-state index >= 15 is 0 Å².